The van der Waals surface area contributed by atoms with Crippen LogP contribution in [0, 0.1) is 0 Å². The molecule has 3 N–H and O–H groups in total. The van der Waals surface area contributed by atoms with E-state index >= 15 is 0 Å². The van der Waals surface area contributed by atoms with Crippen molar-refractivity contribution in [3.05, 3.63) is 34.9 Å². The average Bonchev–Trinajstić information content (AvgIpc) is 2.85. The normalized spacial score (nSPS) is 20.6. The molecule has 4 heteroatoms. The van der Waals surface area contributed by atoms with Gasteiger partial charge in [-0.3, -0.25) is 4.79 Å². The van der Waals surface area contributed by atoms with Gasteiger partial charge in [-0.05, 0) is 36.1 Å². The smallest absolute Gasteiger partial charge is 0.251 e. The Kier molecular flexibility index (Phi) is 4.27. The third-order valence-electron chi connectivity index (χ3n) is 4.71. The van der Waals surface area contributed by atoms with Crippen LogP contribution in [0.15, 0.2) is 18.2 Å². The van der Waals surface area contributed by atoms with Crippen molar-refractivity contribution >= 4 is 5.91 Å². The van der Waals surface area contributed by atoms with Crippen LogP contribution in [-0.2, 0) is 13.1 Å². The van der Waals surface area contributed by atoms with Gasteiger partial charge in [0.2, 0.25) is 0 Å². The van der Waals surface area contributed by atoms with Crippen LogP contribution in [0.2, 0.25) is 0 Å². The molecule has 0 radical (unpaired) electrons. The molecule has 114 valence electrons. The summed E-state index contributed by atoms with van der Waals surface area (Å²) in [4.78, 5) is 12.3. The van der Waals surface area contributed by atoms with Crippen LogP contribution < -0.4 is 10.6 Å². The minimum atomic E-state index is -0.718. The van der Waals surface area contributed by atoms with Gasteiger partial charge in [0.05, 0.1) is 5.60 Å². The number of amides is 1. The number of nitrogens with one attached hydrogen (secondary N) is 2. The highest BCUT2D eigenvalue weighted by molar-refractivity contribution is 5.94. The van der Waals surface area contributed by atoms with Crippen LogP contribution in [0.25, 0.3) is 0 Å². The molecule has 3 rings (SSSR count). The number of hydrogen-bond donors (Lipinski definition) is 3. The molecule has 0 bridgehead atoms. The van der Waals surface area contributed by atoms with E-state index in [4.69, 9.17) is 0 Å². The van der Waals surface area contributed by atoms with E-state index in [0.29, 0.717) is 12.1 Å². The lowest BCUT2D eigenvalue weighted by molar-refractivity contribution is 0.0246. The van der Waals surface area contributed by atoms with Gasteiger partial charge in [-0.15, -0.1) is 0 Å². The van der Waals surface area contributed by atoms with Crippen LogP contribution >= 0.6 is 0 Å². The van der Waals surface area contributed by atoms with Gasteiger partial charge >= 0.3 is 0 Å². The first-order chi connectivity index (χ1) is 10.2. The molecule has 2 aliphatic rings. The summed E-state index contributed by atoms with van der Waals surface area (Å²) >= 11 is 0. The fourth-order valence-corrected chi connectivity index (χ4v) is 3.35. The standard InChI is InChI=1S/C17H24N2O2/c20-16(13-5-6-14-10-18-11-15(14)9-13)19-12-17(21)7-3-1-2-4-8-17/h5-6,9,18,21H,1-4,7-8,10-12H2,(H,19,20). The maximum Gasteiger partial charge on any atom is 0.251 e. The van der Waals surface area contributed by atoms with Crippen molar-refractivity contribution in [2.45, 2.75) is 57.2 Å². The second-order valence-electron chi connectivity index (χ2n) is 6.41. The maximum atomic E-state index is 12.3. The van der Waals surface area contributed by atoms with Crippen molar-refractivity contribution in [1.29, 1.82) is 0 Å². The Morgan fingerprint density at radius 1 is 1.14 bits per heavy atom. The van der Waals surface area contributed by atoms with Gasteiger partial charge in [0.25, 0.3) is 5.91 Å². The topological polar surface area (TPSA) is 61.4 Å². The molecule has 0 saturated heterocycles. The lowest BCUT2D eigenvalue weighted by atomic mass is 9.94. The second-order valence-corrected chi connectivity index (χ2v) is 6.41. The monoisotopic (exact) mass is 288 g/mol. The molecule has 0 spiro atoms. The molecule has 1 aromatic carbocycles. The molecule has 1 saturated carbocycles. The zero-order chi connectivity index (χ0) is 14.7. The van der Waals surface area contributed by atoms with Crippen LogP contribution in [-0.4, -0.2) is 23.2 Å². The van der Waals surface area contributed by atoms with Crippen LogP contribution in [0.1, 0.15) is 60.0 Å². The summed E-state index contributed by atoms with van der Waals surface area (Å²) in [5, 5.41) is 16.8. The molecule has 1 fully saturated rings. The van der Waals surface area contributed by atoms with E-state index in [0.717, 1.165) is 38.8 Å². The van der Waals surface area contributed by atoms with E-state index < -0.39 is 5.60 Å². The maximum absolute atomic E-state index is 12.3. The highest BCUT2D eigenvalue weighted by atomic mass is 16.3. The Labute approximate surface area is 125 Å². The third kappa shape index (κ3) is 3.44. The zero-order valence-corrected chi connectivity index (χ0v) is 12.5. The molecule has 1 aromatic rings. The highest BCUT2D eigenvalue weighted by Gasteiger charge is 2.28. The Morgan fingerprint density at radius 2 is 1.86 bits per heavy atom. The SMILES string of the molecule is O=C(NCC1(O)CCCCCC1)c1ccc2c(c1)CNC2. The Hall–Kier alpha value is -1.39. The Bertz CT molecular complexity index is 520. The number of carbonyl (C=O) groups excluding carboxylic acids is 1. The van der Waals surface area contributed by atoms with Gasteiger partial charge in [0.15, 0.2) is 0 Å². The lowest BCUT2D eigenvalue weighted by Crippen LogP contribution is -2.42. The van der Waals surface area contributed by atoms with Crippen molar-refractivity contribution < 1.29 is 9.90 Å². The quantitative estimate of drug-likeness (QED) is 0.747. The van der Waals surface area contributed by atoms with E-state index in [9.17, 15) is 9.90 Å². The first-order valence-electron chi connectivity index (χ1n) is 7.99. The van der Waals surface area contributed by atoms with Gasteiger partial charge in [-0.1, -0.05) is 31.7 Å². The molecule has 1 amide bonds. The summed E-state index contributed by atoms with van der Waals surface area (Å²) in [6.45, 7) is 2.08. The second kappa shape index (κ2) is 6.16. The van der Waals surface area contributed by atoms with E-state index in [1.54, 1.807) is 0 Å². The fourth-order valence-electron chi connectivity index (χ4n) is 3.35. The molecule has 1 aliphatic carbocycles. The fraction of sp³-hybridized carbons (Fsp3) is 0.588. The third-order valence-corrected chi connectivity index (χ3v) is 4.71. The van der Waals surface area contributed by atoms with E-state index in [1.807, 2.05) is 18.2 Å². The molecular formula is C17H24N2O2. The summed E-state index contributed by atoms with van der Waals surface area (Å²) in [5.74, 6) is -0.0811. The summed E-state index contributed by atoms with van der Waals surface area (Å²) in [6, 6.07) is 5.85. The summed E-state index contributed by atoms with van der Waals surface area (Å²) in [7, 11) is 0. The minimum absolute atomic E-state index is 0.0811. The molecule has 21 heavy (non-hydrogen) atoms. The molecule has 1 heterocycles. The lowest BCUT2D eigenvalue weighted by Gasteiger charge is -2.26. The van der Waals surface area contributed by atoms with E-state index in [1.165, 1.54) is 24.0 Å². The molecule has 0 aromatic heterocycles. The number of fused-ring (bicyclic) bond motifs is 1. The van der Waals surface area contributed by atoms with Crippen molar-refractivity contribution in [1.82, 2.24) is 10.6 Å². The summed E-state index contributed by atoms with van der Waals surface area (Å²) in [5.41, 5.74) is 2.45. The van der Waals surface area contributed by atoms with Crippen molar-refractivity contribution in [2.75, 3.05) is 6.54 Å². The molecular weight excluding hydrogens is 264 g/mol. The average molecular weight is 288 g/mol. The predicted molar refractivity (Wildman–Crippen MR) is 82.0 cm³/mol. The van der Waals surface area contributed by atoms with Gasteiger partial charge in [-0.2, -0.15) is 0 Å². The van der Waals surface area contributed by atoms with Crippen LogP contribution in [0.5, 0.6) is 0 Å². The largest absolute Gasteiger partial charge is 0.388 e. The number of rotatable bonds is 3. The summed E-state index contributed by atoms with van der Waals surface area (Å²) in [6.07, 6.45) is 6.07. The van der Waals surface area contributed by atoms with E-state index in [-0.39, 0.29) is 5.91 Å². The first-order valence-corrected chi connectivity index (χ1v) is 7.99. The zero-order valence-electron chi connectivity index (χ0n) is 12.5. The van der Waals surface area contributed by atoms with Crippen molar-refractivity contribution in [3.8, 4) is 0 Å². The minimum Gasteiger partial charge on any atom is -0.388 e. The molecule has 0 atom stereocenters. The summed E-state index contributed by atoms with van der Waals surface area (Å²) < 4.78 is 0. The Morgan fingerprint density at radius 3 is 2.62 bits per heavy atom. The number of carbonyl (C=O) groups is 1. The van der Waals surface area contributed by atoms with Crippen molar-refractivity contribution in [2.24, 2.45) is 0 Å². The van der Waals surface area contributed by atoms with Gasteiger partial charge < -0.3 is 15.7 Å². The van der Waals surface area contributed by atoms with Gasteiger partial charge in [0.1, 0.15) is 0 Å². The van der Waals surface area contributed by atoms with Crippen LogP contribution in [0.3, 0.4) is 0 Å². The Balaban J connectivity index is 1.61. The molecule has 0 unspecified atom stereocenters. The van der Waals surface area contributed by atoms with Gasteiger partial charge in [0, 0.05) is 25.2 Å². The predicted octanol–water partition coefficient (Wildman–Crippen LogP) is 2.10. The highest BCUT2D eigenvalue weighted by Crippen LogP contribution is 2.26. The molecule has 4 nitrogen and oxygen atoms in total. The number of hydrogen-bond acceptors (Lipinski definition) is 3. The number of benzene rings is 1. The van der Waals surface area contributed by atoms with Gasteiger partial charge in [-0.25, -0.2) is 0 Å². The van der Waals surface area contributed by atoms with E-state index in [2.05, 4.69) is 10.6 Å². The first kappa shape index (κ1) is 14.5. The molecule has 1 aliphatic heterocycles. The van der Waals surface area contributed by atoms with Crippen molar-refractivity contribution in [3.63, 3.8) is 0 Å². The number of aliphatic hydroxyl groups is 1. The van der Waals surface area contributed by atoms with Crippen LogP contribution in [0.4, 0.5) is 0 Å².